The van der Waals surface area contributed by atoms with Crippen LogP contribution in [0.3, 0.4) is 0 Å². The average molecular weight is 580 g/mol. The van der Waals surface area contributed by atoms with E-state index < -0.39 is 5.82 Å². The molecule has 1 spiro atoms. The topological polar surface area (TPSA) is 95.1 Å². The van der Waals surface area contributed by atoms with Crippen LogP contribution in [0.1, 0.15) is 37.0 Å². The van der Waals surface area contributed by atoms with Gasteiger partial charge in [-0.15, -0.1) is 11.8 Å². The second kappa shape index (κ2) is 14.9. The van der Waals surface area contributed by atoms with E-state index in [0.29, 0.717) is 31.1 Å². The monoisotopic (exact) mass is 579 g/mol. The molecule has 12 heteroatoms. The van der Waals surface area contributed by atoms with Crippen molar-refractivity contribution in [2.75, 3.05) is 68.7 Å². The lowest BCUT2D eigenvalue weighted by Gasteiger charge is -2.39. The molecule has 8 nitrogen and oxygen atoms in total. The number of benzene rings is 1. The minimum atomic E-state index is -0.506. The van der Waals surface area contributed by atoms with Crippen molar-refractivity contribution in [1.82, 2.24) is 25.2 Å². The number of thioether (sulfide) groups is 2. The third-order valence-electron chi connectivity index (χ3n) is 6.21. The normalized spacial score (nSPS) is 15.3. The molecule has 0 bridgehead atoms. The molecule has 2 aliphatic rings. The van der Waals surface area contributed by atoms with E-state index in [2.05, 4.69) is 30.9 Å². The fraction of sp³-hybridized carbons (Fsp3) is 0.538. The molecule has 0 saturated carbocycles. The van der Waals surface area contributed by atoms with Gasteiger partial charge in [0.05, 0.1) is 15.8 Å². The number of fused-ring (bicyclic) bond motifs is 1. The molecular weight excluding hydrogens is 542 g/mol. The molecule has 5 rings (SSSR count). The standard InChI is InChI=1S/C22H26FN7OS2.C2H6S.C2H6/c1-32-14-9-27-20(28-10-14)25-4-2-5-26-21-29-17-8-16(23)15(7-18(17)33-21)19(31)30-6-3-22(13-30)11-24-12-22;1-3-2;1-2/h7-10,24H,2-6,11-13H2,1H3,(H,26,29)(H,25,27,28);1-2H3;1-2H3. The van der Waals surface area contributed by atoms with Crippen molar-refractivity contribution in [3.63, 3.8) is 0 Å². The molecule has 2 aliphatic heterocycles. The third-order valence-corrected chi connectivity index (χ3v) is 7.87. The highest BCUT2D eigenvalue weighted by Crippen LogP contribution is 2.35. The smallest absolute Gasteiger partial charge is 0.256 e. The summed E-state index contributed by atoms with van der Waals surface area (Å²) in [6.45, 7) is 8.69. The molecule has 1 aromatic carbocycles. The molecule has 2 saturated heterocycles. The van der Waals surface area contributed by atoms with E-state index in [-0.39, 0.29) is 16.9 Å². The van der Waals surface area contributed by atoms with Crippen molar-refractivity contribution in [1.29, 1.82) is 0 Å². The van der Waals surface area contributed by atoms with Gasteiger partial charge in [0.15, 0.2) is 5.13 Å². The Morgan fingerprint density at radius 1 is 1.16 bits per heavy atom. The second-order valence-corrected chi connectivity index (χ2v) is 11.7. The van der Waals surface area contributed by atoms with Gasteiger partial charge in [-0.25, -0.2) is 19.3 Å². The van der Waals surface area contributed by atoms with Gasteiger partial charge in [-0.2, -0.15) is 11.8 Å². The van der Waals surface area contributed by atoms with E-state index in [1.807, 2.05) is 32.6 Å². The van der Waals surface area contributed by atoms with Gasteiger partial charge in [0.1, 0.15) is 5.82 Å². The second-order valence-electron chi connectivity index (χ2n) is 8.96. The highest BCUT2D eigenvalue weighted by atomic mass is 32.2. The molecule has 2 fully saturated rings. The summed E-state index contributed by atoms with van der Waals surface area (Å²) in [4.78, 5) is 28.8. The number of nitrogens with one attached hydrogen (secondary N) is 3. The molecule has 0 radical (unpaired) electrons. The van der Waals surface area contributed by atoms with Gasteiger partial charge in [0, 0.05) is 68.0 Å². The van der Waals surface area contributed by atoms with Gasteiger partial charge in [0.25, 0.3) is 5.91 Å². The first-order valence-electron chi connectivity index (χ1n) is 12.8. The summed E-state index contributed by atoms with van der Waals surface area (Å²) >= 11 is 4.79. The Morgan fingerprint density at radius 3 is 2.45 bits per heavy atom. The third kappa shape index (κ3) is 7.71. The Hall–Kier alpha value is -2.15. The highest BCUT2D eigenvalue weighted by molar-refractivity contribution is 7.98. The Bertz CT molecular complexity index is 1170. The van der Waals surface area contributed by atoms with Crippen LogP contribution >= 0.6 is 34.9 Å². The van der Waals surface area contributed by atoms with Crippen molar-refractivity contribution >= 4 is 62.1 Å². The first kappa shape index (κ1) is 30.4. The number of amides is 1. The van der Waals surface area contributed by atoms with Crippen LogP contribution < -0.4 is 16.0 Å². The SMILES string of the molecule is CC.CSC.CSc1cnc(NCCCNc2nc3cc(F)c(C(=O)N4CCC5(CNC5)C4)cc3s2)nc1. The zero-order valence-corrected chi connectivity index (χ0v) is 25.2. The van der Waals surface area contributed by atoms with Crippen LogP contribution in [0.4, 0.5) is 15.5 Å². The van der Waals surface area contributed by atoms with Gasteiger partial charge in [-0.3, -0.25) is 4.79 Å². The van der Waals surface area contributed by atoms with Crippen LogP contribution in [0.25, 0.3) is 10.2 Å². The van der Waals surface area contributed by atoms with E-state index in [0.717, 1.165) is 47.2 Å². The first-order valence-corrected chi connectivity index (χ1v) is 16.5. The molecular formula is C26H38FN7OS3. The molecule has 2 aromatic heterocycles. The number of nitrogens with zero attached hydrogens (tertiary/aromatic N) is 4. The molecule has 0 unspecified atom stereocenters. The van der Waals surface area contributed by atoms with Gasteiger partial charge >= 0.3 is 0 Å². The van der Waals surface area contributed by atoms with E-state index in [1.165, 1.54) is 17.4 Å². The Labute approximate surface area is 237 Å². The van der Waals surface area contributed by atoms with Crippen LogP contribution in [0.15, 0.2) is 29.4 Å². The van der Waals surface area contributed by atoms with Gasteiger partial charge in [-0.05, 0) is 37.7 Å². The summed E-state index contributed by atoms with van der Waals surface area (Å²) in [6, 6.07) is 3.02. The zero-order chi connectivity index (χ0) is 27.5. The molecule has 1 amide bonds. The predicted octanol–water partition coefficient (Wildman–Crippen LogP) is 5.30. The summed E-state index contributed by atoms with van der Waals surface area (Å²) in [5.74, 6) is -0.119. The van der Waals surface area contributed by atoms with Crippen molar-refractivity contribution in [3.05, 3.63) is 35.9 Å². The van der Waals surface area contributed by atoms with Crippen LogP contribution in [-0.4, -0.2) is 83.8 Å². The van der Waals surface area contributed by atoms with Crippen molar-refractivity contribution in [2.45, 2.75) is 31.6 Å². The first-order chi connectivity index (χ1) is 18.5. The fourth-order valence-corrected chi connectivity index (χ4v) is 5.46. The summed E-state index contributed by atoms with van der Waals surface area (Å²) in [5.41, 5.74) is 0.897. The van der Waals surface area contributed by atoms with Crippen molar-refractivity contribution in [2.24, 2.45) is 5.41 Å². The molecule has 0 aliphatic carbocycles. The Morgan fingerprint density at radius 2 is 1.84 bits per heavy atom. The van der Waals surface area contributed by atoms with Crippen LogP contribution in [-0.2, 0) is 0 Å². The maximum absolute atomic E-state index is 14.7. The molecule has 208 valence electrons. The van der Waals surface area contributed by atoms with E-state index in [4.69, 9.17) is 0 Å². The van der Waals surface area contributed by atoms with Crippen LogP contribution in [0.5, 0.6) is 0 Å². The highest BCUT2D eigenvalue weighted by Gasteiger charge is 2.44. The number of rotatable bonds is 8. The van der Waals surface area contributed by atoms with E-state index in [9.17, 15) is 9.18 Å². The van der Waals surface area contributed by atoms with E-state index in [1.54, 1.807) is 46.9 Å². The van der Waals surface area contributed by atoms with Gasteiger partial charge in [0.2, 0.25) is 5.95 Å². The number of aromatic nitrogens is 3. The Kier molecular flexibility index (Phi) is 11.9. The minimum Gasteiger partial charge on any atom is -0.361 e. The molecule has 38 heavy (non-hydrogen) atoms. The fourth-order valence-electron chi connectivity index (χ4n) is 4.23. The summed E-state index contributed by atoms with van der Waals surface area (Å²) in [5, 5.41) is 10.5. The van der Waals surface area contributed by atoms with Gasteiger partial charge in [-0.1, -0.05) is 25.2 Å². The summed E-state index contributed by atoms with van der Waals surface area (Å²) < 4.78 is 15.6. The number of likely N-dealkylation sites (tertiary alicyclic amines) is 1. The maximum Gasteiger partial charge on any atom is 0.256 e. The zero-order valence-electron chi connectivity index (χ0n) is 22.8. The molecule has 3 aromatic rings. The lowest BCUT2D eigenvalue weighted by molar-refractivity contribution is 0.0747. The lowest BCUT2D eigenvalue weighted by Crippen LogP contribution is -2.55. The lowest BCUT2D eigenvalue weighted by atomic mass is 9.81. The summed E-state index contributed by atoms with van der Waals surface area (Å²) in [6.07, 6.45) is 11.5. The number of carbonyl (C=O) groups is 1. The quantitative estimate of drug-likeness (QED) is 0.243. The van der Waals surface area contributed by atoms with E-state index >= 15 is 0 Å². The number of hydrogen-bond acceptors (Lipinski definition) is 10. The van der Waals surface area contributed by atoms with Crippen molar-refractivity contribution in [3.8, 4) is 0 Å². The number of carbonyl (C=O) groups excluding carboxylic acids is 1. The number of halogens is 1. The summed E-state index contributed by atoms with van der Waals surface area (Å²) in [7, 11) is 0. The maximum atomic E-state index is 14.7. The van der Waals surface area contributed by atoms with Crippen LogP contribution in [0, 0.1) is 11.2 Å². The minimum absolute atomic E-state index is 0.138. The van der Waals surface area contributed by atoms with Gasteiger partial charge < -0.3 is 20.9 Å². The van der Waals surface area contributed by atoms with Crippen LogP contribution in [0.2, 0.25) is 0 Å². The number of anilines is 2. The average Bonchev–Trinajstić information content (AvgIpc) is 3.54. The molecule has 3 N–H and O–H groups in total. The molecule has 4 heterocycles. The molecule has 0 atom stereocenters. The predicted molar refractivity (Wildman–Crippen MR) is 162 cm³/mol. The Balaban J connectivity index is 0.000000748. The number of hydrogen-bond donors (Lipinski definition) is 3. The van der Waals surface area contributed by atoms with Crippen molar-refractivity contribution < 1.29 is 9.18 Å². The largest absolute Gasteiger partial charge is 0.361 e. The number of thiazole rings is 1.